The molecule has 1 saturated heterocycles. The first-order valence-corrected chi connectivity index (χ1v) is 5.99. The zero-order valence-electron chi connectivity index (χ0n) is 8.27. The summed E-state index contributed by atoms with van der Waals surface area (Å²) in [5.74, 6) is 0. The van der Waals surface area contributed by atoms with E-state index in [0.29, 0.717) is 26.2 Å². The third-order valence-corrected chi connectivity index (χ3v) is 3.70. The van der Waals surface area contributed by atoms with Crippen LogP contribution in [-0.4, -0.2) is 52.1 Å². The molecule has 0 unspecified atom stereocenters. The molecule has 0 aliphatic carbocycles. The van der Waals surface area contributed by atoms with Crippen molar-refractivity contribution < 1.29 is 13.2 Å². The van der Waals surface area contributed by atoms with Gasteiger partial charge in [0.2, 0.25) is 0 Å². The van der Waals surface area contributed by atoms with Crippen molar-refractivity contribution >= 4 is 10.2 Å². The molecular weight excluding hydrogens is 206 g/mol. The van der Waals surface area contributed by atoms with Crippen LogP contribution < -0.4 is 10.5 Å². The summed E-state index contributed by atoms with van der Waals surface area (Å²) < 4.78 is 31.7. The molecule has 0 spiro atoms. The van der Waals surface area contributed by atoms with Gasteiger partial charge in [-0.05, 0) is 6.42 Å². The minimum absolute atomic E-state index is 0.0333. The molecule has 0 bridgehead atoms. The van der Waals surface area contributed by atoms with Crippen molar-refractivity contribution in [3.8, 4) is 0 Å². The first kappa shape index (κ1) is 11.9. The Morgan fingerprint density at radius 3 is 2.86 bits per heavy atom. The quantitative estimate of drug-likeness (QED) is 0.556. The predicted octanol–water partition coefficient (Wildman–Crippen LogP) is -1.50. The van der Waals surface area contributed by atoms with E-state index in [4.69, 9.17) is 10.5 Å². The van der Waals surface area contributed by atoms with Gasteiger partial charge in [-0.25, -0.2) is 0 Å². The third kappa shape index (κ3) is 3.18. The van der Waals surface area contributed by atoms with E-state index in [9.17, 15) is 8.42 Å². The summed E-state index contributed by atoms with van der Waals surface area (Å²) in [6.07, 6.45) is 0.727. The van der Waals surface area contributed by atoms with Crippen molar-refractivity contribution in [3.05, 3.63) is 0 Å². The molecular formula is C7H17N3O3S. The molecule has 14 heavy (non-hydrogen) atoms. The van der Waals surface area contributed by atoms with Crippen molar-refractivity contribution in [2.24, 2.45) is 5.73 Å². The number of rotatable bonds is 5. The van der Waals surface area contributed by atoms with Gasteiger partial charge in [0.25, 0.3) is 10.2 Å². The van der Waals surface area contributed by atoms with Crippen LogP contribution in [0.1, 0.15) is 6.42 Å². The number of hydrogen-bond acceptors (Lipinski definition) is 4. The van der Waals surface area contributed by atoms with E-state index in [0.717, 1.165) is 6.42 Å². The maximum atomic E-state index is 11.6. The Morgan fingerprint density at radius 1 is 1.64 bits per heavy atom. The first-order valence-electron chi connectivity index (χ1n) is 4.55. The van der Waals surface area contributed by atoms with Crippen LogP contribution in [0.5, 0.6) is 0 Å². The zero-order valence-corrected chi connectivity index (χ0v) is 9.09. The molecule has 0 aromatic carbocycles. The largest absolute Gasteiger partial charge is 0.383 e. The van der Waals surface area contributed by atoms with Gasteiger partial charge in [0.15, 0.2) is 0 Å². The second-order valence-corrected chi connectivity index (χ2v) is 5.05. The van der Waals surface area contributed by atoms with Crippen LogP contribution in [0.15, 0.2) is 0 Å². The van der Waals surface area contributed by atoms with Gasteiger partial charge in [0.05, 0.1) is 6.61 Å². The third-order valence-electron chi connectivity index (χ3n) is 2.12. The van der Waals surface area contributed by atoms with Crippen LogP contribution >= 0.6 is 0 Å². The van der Waals surface area contributed by atoms with Crippen LogP contribution in [0.25, 0.3) is 0 Å². The fourth-order valence-electron chi connectivity index (χ4n) is 1.34. The fraction of sp³-hybridized carbons (Fsp3) is 1.00. The molecule has 7 heteroatoms. The molecule has 3 N–H and O–H groups in total. The standard InChI is InChI=1S/C7H17N3O3S/c1-13-5-3-9-14(11,12)10-4-2-7(8)6-10/h7,9H,2-6,8H2,1H3/t7-/m1/s1. The van der Waals surface area contributed by atoms with Crippen LogP contribution in [0.4, 0.5) is 0 Å². The fourth-order valence-corrected chi connectivity index (χ4v) is 2.59. The highest BCUT2D eigenvalue weighted by atomic mass is 32.2. The first-order chi connectivity index (χ1) is 6.56. The maximum Gasteiger partial charge on any atom is 0.279 e. The lowest BCUT2D eigenvalue weighted by Gasteiger charge is -2.16. The van der Waals surface area contributed by atoms with Crippen molar-refractivity contribution in [1.29, 1.82) is 0 Å². The average molecular weight is 223 g/mol. The molecule has 1 rings (SSSR count). The lowest BCUT2D eigenvalue weighted by Crippen LogP contribution is -2.41. The van der Waals surface area contributed by atoms with Gasteiger partial charge >= 0.3 is 0 Å². The highest BCUT2D eigenvalue weighted by Gasteiger charge is 2.28. The van der Waals surface area contributed by atoms with Gasteiger partial charge in [-0.2, -0.15) is 17.4 Å². The van der Waals surface area contributed by atoms with Gasteiger partial charge in [0.1, 0.15) is 0 Å². The normalized spacial score (nSPS) is 24.3. The van der Waals surface area contributed by atoms with E-state index in [1.807, 2.05) is 0 Å². The lowest BCUT2D eigenvalue weighted by atomic mass is 10.3. The topological polar surface area (TPSA) is 84.7 Å². The second kappa shape index (κ2) is 5.04. The van der Waals surface area contributed by atoms with Crippen molar-refractivity contribution in [2.75, 3.05) is 33.4 Å². The molecule has 84 valence electrons. The summed E-state index contributed by atoms with van der Waals surface area (Å²) in [5.41, 5.74) is 5.62. The molecule has 1 heterocycles. The minimum atomic E-state index is -3.34. The van der Waals surface area contributed by atoms with E-state index in [1.165, 1.54) is 11.4 Å². The number of nitrogens with two attached hydrogens (primary N) is 1. The molecule has 1 aliphatic rings. The molecule has 6 nitrogen and oxygen atoms in total. The van der Waals surface area contributed by atoms with Gasteiger partial charge in [-0.1, -0.05) is 0 Å². The Bertz CT molecular complexity index is 267. The molecule has 1 aliphatic heterocycles. The molecule has 0 aromatic heterocycles. The van der Waals surface area contributed by atoms with E-state index in [2.05, 4.69) is 4.72 Å². The Kier molecular flexibility index (Phi) is 4.27. The Hall–Kier alpha value is -0.210. The predicted molar refractivity (Wildman–Crippen MR) is 53.0 cm³/mol. The number of methoxy groups -OCH3 is 1. The summed E-state index contributed by atoms with van der Waals surface area (Å²) >= 11 is 0. The number of nitrogens with one attached hydrogen (secondary N) is 1. The van der Waals surface area contributed by atoms with Crippen LogP contribution in [0.2, 0.25) is 0 Å². The molecule has 0 amide bonds. The van der Waals surface area contributed by atoms with E-state index >= 15 is 0 Å². The van der Waals surface area contributed by atoms with Crippen LogP contribution in [0, 0.1) is 0 Å². The summed E-state index contributed by atoms with van der Waals surface area (Å²) in [6, 6.07) is -0.0333. The summed E-state index contributed by atoms with van der Waals surface area (Å²) in [4.78, 5) is 0. The van der Waals surface area contributed by atoms with Crippen molar-refractivity contribution in [3.63, 3.8) is 0 Å². The Labute approximate surface area is 84.6 Å². The van der Waals surface area contributed by atoms with Gasteiger partial charge < -0.3 is 10.5 Å². The second-order valence-electron chi connectivity index (χ2n) is 3.30. The SMILES string of the molecule is COCCNS(=O)(=O)N1CC[C@@H](N)C1. The average Bonchev–Trinajstić information content (AvgIpc) is 2.53. The van der Waals surface area contributed by atoms with Crippen molar-refractivity contribution in [2.45, 2.75) is 12.5 Å². The molecule has 1 fully saturated rings. The van der Waals surface area contributed by atoms with Gasteiger partial charge in [-0.15, -0.1) is 0 Å². The molecule has 0 radical (unpaired) electrons. The molecule has 1 atom stereocenters. The highest BCUT2D eigenvalue weighted by Crippen LogP contribution is 2.10. The van der Waals surface area contributed by atoms with E-state index < -0.39 is 10.2 Å². The van der Waals surface area contributed by atoms with E-state index in [1.54, 1.807) is 0 Å². The zero-order chi connectivity index (χ0) is 10.6. The Morgan fingerprint density at radius 2 is 2.36 bits per heavy atom. The van der Waals surface area contributed by atoms with Crippen LogP contribution in [0.3, 0.4) is 0 Å². The van der Waals surface area contributed by atoms with Crippen LogP contribution in [-0.2, 0) is 14.9 Å². The Balaban J connectivity index is 2.41. The molecule has 0 aromatic rings. The summed E-state index contributed by atoms with van der Waals surface area (Å²) in [5, 5.41) is 0. The highest BCUT2D eigenvalue weighted by molar-refractivity contribution is 7.87. The number of hydrogen-bond donors (Lipinski definition) is 2. The van der Waals surface area contributed by atoms with Gasteiger partial charge in [0, 0.05) is 32.8 Å². The summed E-state index contributed by atoms with van der Waals surface area (Å²) in [6.45, 7) is 1.58. The minimum Gasteiger partial charge on any atom is -0.383 e. The van der Waals surface area contributed by atoms with Gasteiger partial charge in [-0.3, -0.25) is 0 Å². The number of ether oxygens (including phenoxy) is 1. The van der Waals surface area contributed by atoms with Crippen molar-refractivity contribution in [1.82, 2.24) is 9.03 Å². The monoisotopic (exact) mass is 223 g/mol. The lowest BCUT2D eigenvalue weighted by molar-refractivity contribution is 0.204. The molecule has 0 saturated carbocycles. The van der Waals surface area contributed by atoms with E-state index in [-0.39, 0.29) is 6.04 Å². The smallest absolute Gasteiger partial charge is 0.279 e. The number of nitrogens with zero attached hydrogens (tertiary/aromatic N) is 1. The summed E-state index contributed by atoms with van der Waals surface area (Å²) in [7, 11) is -1.81. The maximum absolute atomic E-state index is 11.6.